The van der Waals surface area contributed by atoms with E-state index in [1.54, 1.807) is 20.8 Å². The minimum atomic E-state index is -0.899. The van der Waals surface area contributed by atoms with Gasteiger partial charge >= 0.3 is 6.09 Å². The van der Waals surface area contributed by atoms with Crippen LogP contribution < -0.4 is 10.6 Å². The number of fused-ring (bicyclic) bond motifs is 1. The van der Waals surface area contributed by atoms with E-state index in [0.717, 1.165) is 16.3 Å². The van der Waals surface area contributed by atoms with Crippen molar-refractivity contribution in [3.63, 3.8) is 0 Å². The fraction of sp³-hybridized carbons (Fsp3) is 0.345. The van der Waals surface area contributed by atoms with Gasteiger partial charge in [-0.25, -0.2) is 4.79 Å². The maximum Gasteiger partial charge on any atom is 0.408 e. The third-order valence-corrected chi connectivity index (χ3v) is 5.53. The fourth-order valence-corrected chi connectivity index (χ4v) is 4.04. The van der Waals surface area contributed by atoms with Crippen molar-refractivity contribution in [3.8, 4) is 0 Å². The molecule has 0 spiro atoms. The van der Waals surface area contributed by atoms with Gasteiger partial charge < -0.3 is 20.3 Å². The predicted molar refractivity (Wildman–Crippen MR) is 143 cm³/mol. The Morgan fingerprint density at radius 3 is 2.25 bits per heavy atom. The number of ether oxygens (including phenoxy) is 1. The van der Waals surface area contributed by atoms with Gasteiger partial charge in [-0.05, 0) is 70.0 Å². The van der Waals surface area contributed by atoms with Crippen LogP contribution in [0.25, 0.3) is 10.8 Å². The van der Waals surface area contributed by atoms with E-state index in [1.165, 1.54) is 4.90 Å². The first-order valence-corrected chi connectivity index (χ1v) is 12.1. The van der Waals surface area contributed by atoms with Crippen LogP contribution in [-0.2, 0) is 14.3 Å². The lowest BCUT2D eigenvalue weighted by atomic mass is 10.00. The maximum absolute atomic E-state index is 13.7. The first-order valence-electron chi connectivity index (χ1n) is 12.1. The molecule has 2 N–H and O–H groups in total. The number of nitrogens with zero attached hydrogens (tertiary/aromatic N) is 1. The highest BCUT2D eigenvalue weighted by molar-refractivity contribution is 6.00. The van der Waals surface area contributed by atoms with E-state index in [4.69, 9.17) is 4.74 Å². The zero-order chi connectivity index (χ0) is 26.5. The number of amides is 3. The maximum atomic E-state index is 13.7. The van der Waals surface area contributed by atoms with E-state index in [0.29, 0.717) is 11.3 Å². The third kappa shape index (κ3) is 7.07. The van der Waals surface area contributed by atoms with Crippen LogP contribution in [0.15, 0.2) is 66.7 Å². The molecule has 7 heteroatoms. The number of anilines is 1. The van der Waals surface area contributed by atoms with Crippen molar-refractivity contribution in [3.05, 3.63) is 77.9 Å². The Balaban J connectivity index is 1.90. The van der Waals surface area contributed by atoms with Gasteiger partial charge in [0, 0.05) is 11.7 Å². The van der Waals surface area contributed by atoms with Crippen LogP contribution in [0.5, 0.6) is 0 Å². The van der Waals surface area contributed by atoms with Gasteiger partial charge in [-0.1, -0.05) is 60.2 Å². The lowest BCUT2D eigenvalue weighted by molar-refractivity contribution is -0.140. The molecule has 3 aromatic rings. The number of benzene rings is 3. The van der Waals surface area contributed by atoms with Crippen molar-refractivity contribution < 1.29 is 19.1 Å². The Morgan fingerprint density at radius 1 is 0.917 bits per heavy atom. The molecule has 3 aromatic carbocycles. The summed E-state index contributed by atoms with van der Waals surface area (Å²) in [6.45, 7) is 10.6. The molecule has 190 valence electrons. The molecule has 7 nitrogen and oxygen atoms in total. The van der Waals surface area contributed by atoms with Gasteiger partial charge in [0.25, 0.3) is 5.91 Å². The van der Waals surface area contributed by atoms with E-state index in [1.807, 2.05) is 87.5 Å². The average Bonchev–Trinajstić information content (AvgIpc) is 2.79. The molecule has 36 heavy (non-hydrogen) atoms. The summed E-state index contributed by atoms with van der Waals surface area (Å²) in [5, 5.41) is 7.58. The fourth-order valence-electron chi connectivity index (χ4n) is 4.04. The molecule has 1 atom stereocenters. The van der Waals surface area contributed by atoms with E-state index in [9.17, 15) is 14.4 Å². The quantitative estimate of drug-likeness (QED) is 0.453. The zero-order valence-electron chi connectivity index (χ0n) is 21.8. The van der Waals surface area contributed by atoms with Gasteiger partial charge in [-0.15, -0.1) is 0 Å². The molecule has 1 unspecified atom stereocenters. The summed E-state index contributed by atoms with van der Waals surface area (Å²) in [6.07, 6.45) is -0.688. The summed E-state index contributed by atoms with van der Waals surface area (Å²) in [4.78, 5) is 40.7. The van der Waals surface area contributed by atoms with Crippen LogP contribution in [0.4, 0.5) is 10.5 Å². The highest BCUT2D eigenvalue weighted by Gasteiger charge is 2.34. The summed E-state index contributed by atoms with van der Waals surface area (Å²) in [6, 6.07) is 19.9. The van der Waals surface area contributed by atoms with Gasteiger partial charge in [0.05, 0.1) is 0 Å². The SMILES string of the molecule is Cc1cccc(C(C(=O)Nc2ccc3ccccc3c2)N(C(=O)CNC(=O)OC(C)(C)C)C(C)C)c1. The minimum absolute atomic E-state index is 0.293. The topological polar surface area (TPSA) is 87.7 Å². The van der Waals surface area contributed by atoms with E-state index in [2.05, 4.69) is 10.6 Å². The monoisotopic (exact) mass is 489 g/mol. The van der Waals surface area contributed by atoms with Crippen molar-refractivity contribution in [1.82, 2.24) is 10.2 Å². The summed E-state index contributed by atoms with van der Waals surface area (Å²) in [7, 11) is 0. The zero-order valence-corrected chi connectivity index (χ0v) is 21.8. The van der Waals surface area contributed by atoms with Crippen LogP contribution in [0, 0.1) is 6.92 Å². The molecule has 0 heterocycles. The second kappa shape index (κ2) is 11.2. The van der Waals surface area contributed by atoms with Gasteiger partial charge in [-0.3, -0.25) is 9.59 Å². The van der Waals surface area contributed by atoms with Crippen LogP contribution in [-0.4, -0.2) is 41.0 Å². The van der Waals surface area contributed by atoms with Gasteiger partial charge in [0.15, 0.2) is 0 Å². The van der Waals surface area contributed by atoms with Gasteiger partial charge in [-0.2, -0.15) is 0 Å². The molecule has 0 aliphatic rings. The number of alkyl carbamates (subject to hydrolysis) is 1. The normalized spacial score (nSPS) is 12.2. The van der Waals surface area contributed by atoms with Crippen molar-refractivity contribution >= 4 is 34.4 Å². The Kier molecular flexibility index (Phi) is 8.35. The summed E-state index contributed by atoms with van der Waals surface area (Å²) >= 11 is 0. The number of rotatable bonds is 7. The number of hydrogen-bond acceptors (Lipinski definition) is 4. The minimum Gasteiger partial charge on any atom is -0.444 e. The first kappa shape index (κ1) is 26.7. The molecular formula is C29H35N3O4. The van der Waals surface area contributed by atoms with E-state index in [-0.39, 0.29) is 18.5 Å². The largest absolute Gasteiger partial charge is 0.444 e. The van der Waals surface area contributed by atoms with Crippen molar-refractivity contribution in [1.29, 1.82) is 0 Å². The number of nitrogens with one attached hydrogen (secondary N) is 2. The Bertz CT molecular complexity index is 1250. The molecule has 0 aromatic heterocycles. The molecule has 0 saturated heterocycles. The molecule has 0 aliphatic carbocycles. The van der Waals surface area contributed by atoms with Crippen LogP contribution in [0.1, 0.15) is 51.8 Å². The number of carbonyl (C=O) groups is 3. The van der Waals surface area contributed by atoms with Crippen LogP contribution in [0.2, 0.25) is 0 Å². The van der Waals surface area contributed by atoms with Crippen molar-refractivity contribution in [2.75, 3.05) is 11.9 Å². The second-order valence-corrected chi connectivity index (χ2v) is 10.1. The number of carbonyl (C=O) groups excluding carboxylic acids is 3. The number of aryl methyl sites for hydroxylation is 1. The van der Waals surface area contributed by atoms with Gasteiger partial charge in [0.2, 0.25) is 5.91 Å². The summed E-state index contributed by atoms with van der Waals surface area (Å²) < 4.78 is 5.25. The molecule has 0 bridgehead atoms. The van der Waals surface area contributed by atoms with Crippen molar-refractivity contribution in [2.24, 2.45) is 0 Å². The van der Waals surface area contributed by atoms with Gasteiger partial charge in [0.1, 0.15) is 18.2 Å². The molecule has 0 aliphatic heterocycles. The molecule has 3 amide bonds. The Morgan fingerprint density at radius 2 is 1.61 bits per heavy atom. The summed E-state index contributed by atoms with van der Waals surface area (Å²) in [5.41, 5.74) is 1.61. The Labute approximate surface area is 212 Å². The molecule has 0 saturated carbocycles. The average molecular weight is 490 g/mol. The molecule has 3 rings (SSSR count). The van der Waals surface area contributed by atoms with E-state index >= 15 is 0 Å². The lowest BCUT2D eigenvalue weighted by Gasteiger charge is -2.35. The summed E-state index contributed by atoms with van der Waals surface area (Å²) in [5.74, 6) is -0.730. The number of hydrogen-bond donors (Lipinski definition) is 2. The first-order chi connectivity index (χ1) is 16.9. The highest BCUT2D eigenvalue weighted by Crippen LogP contribution is 2.27. The lowest BCUT2D eigenvalue weighted by Crippen LogP contribution is -2.49. The molecule has 0 fully saturated rings. The van der Waals surface area contributed by atoms with Crippen LogP contribution in [0.3, 0.4) is 0 Å². The smallest absolute Gasteiger partial charge is 0.408 e. The standard InChI is InChI=1S/C29H35N3O4/c1-19(2)32(25(33)18-30-28(35)36-29(4,5)6)26(23-13-9-10-20(3)16-23)27(34)31-24-15-14-21-11-7-8-12-22(21)17-24/h7-17,19,26H,18H2,1-6H3,(H,30,35)(H,31,34). The predicted octanol–water partition coefficient (Wildman–Crippen LogP) is 5.59. The molecular weight excluding hydrogens is 454 g/mol. The van der Waals surface area contributed by atoms with Crippen LogP contribution >= 0.6 is 0 Å². The highest BCUT2D eigenvalue weighted by atomic mass is 16.6. The second-order valence-electron chi connectivity index (χ2n) is 10.1. The Hall–Kier alpha value is -3.87. The third-order valence-electron chi connectivity index (χ3n) is 5.53. The molecule has 0 radical (unpaired) electrons. The van der Waals surface area contributed by atoms with Crippen molar-refractivity contribution in [2.45, 2.75) is 59.2 Å². The van der Waals surface area contributed by atoms with E-state index < -0.39 is 23.6 Å².